The van der Waals surface area contributed by atoms with Crippen LogP contribution in [-0.4, -0.2) is 47.3 Å². The van der Waals surface area contributed by atoms with Crippen LogP contribution in [0, 0.1) is 46.3 Å². The molecule has 0 amide bonds. The van der Waals surface area contributed by atoms with Gasteiger partial charge in [0.2, 0.25) is 0 Å². The second-order valence-electron chi connectivity index (χ2n) is 12.9. The van der Waals surface area contributed by atoms with Crippen LogP contribution in [-0.2, 0) is 33.4 Å². The van der Waals surface area contributed by atoms with E-state index in [9.17, 15) is 19.2 Å². The van der Waals surface area contributed by atoms with Crippen molar-refractivity contribution in [3.63, 3.8) is 0 Å². The lowest BCUT2D eigenvalue weighted by molar-refractivity contribution is -0.196. The van der Waals surface area contributed by atoms with Crippen molar-refractivity contribution in [1.82, 2.24) is 0 Å². The number of esters is 3. The first kappa shape index (κ1) is 29.5. The first-order valence-corrected chi connectivity index (χ1v) is 15.4. The van der Waals surface area contributed by atoms with Crippen LogP contribution in [0.4, 0.5) is 0 Å². The molecule has 0 radical (unpaired) electrons. The highest BCUT2D eigenvalue weighted by Gasteiger charge is 2.68. The Kier molecular flexibility index (Phi) is 8.71. The van der Waals surface area contributed by atoms with Crippen LogP contribution < -0.4 is 0 Å². The SMILES string of the molecule is CCOC(=O)CC[C@@H](C)[C@@H]1CC[C@@H]2[C@@H]3C(=O)[C@H](Br)[C@@H]4C[C@H](OC(C)=O)CC[C@]4(C)[C@@H]3C[C@H](OC(C)=O)[C@@]21C. The summed E-state index contributed by atoms with van der Waals surface area (Å²) >= 11 is 3.83. The first-order valence-electron chi connectivity index (χ1n) is 14.5. The van der Waals surface area contributed by atoms with E-state index >= 15 is 0 Å². The van der Waals surface area contributed by atoms with Crippen molar-refractivity contribution in [1.29, 1.82) is 0 Å². The Hall–Kier alpha value is -1.44. The molecule has 0 aromatic heterocycles. The fourth-order valence-electron chi connectivity index (χ4n) is 9.31. The highest BCUT2D eigenvalue weighted by atomic mass is 79.9. The Morgan fingerprint density at radius 3 is 2.32 bits per heavy atom. The Labute approximate surface area is 235 Å². The first-order chi connectivity index (χ1) is 17.8. The Morgan fingerprint density at radius 1 is 1.00 bits per heavy atom. The van der Waals surface area contributed by atoms with Crippen LogP contribution in [0.5, 0.6) is 0 Å². The quantitative estimate of drug-likeness (QED) is 0.213. The van der Waals surface area contributed by atoms with Crippen molar-refractivity contribution in [3.05, 3.63) is 0 Å². The largest absolute Gasteiger partial charge is 0.466 e. The maximum atomic E-state index is 14.1. The summed E-state index contributed by atoms with van der Waals surface area (Å²) in [7, 11) is 0. The number of hydrogen-bond donors (Lipinski definition) is 0. The van der Waals surface area contributed by atoms with E-state index < -0.39 is 0 Å². The molecule has 4 aliphatic rings. The lowest BCUT2D eigenvalue weighted by Gasteiger charge is -2.63. The molecule has 0 aromatic carbocycles. The highest BCUT2D eigenvalue weighted by Crippen LogP contribution is 2.68. The van der Waals surface area contributed by atoms with Crippen molar-refractivity contribution in [2.24, 2.45) is 46.3 Å². The van der Waals surface area contributed by atoms with Gasteiger partial charge in [-0.2, -0.15) is 0 Å². The number of fused-ring (bicyclic) bond motifs is 5. The minimum atomic E-state index is -0.332. The molecular formula is C30H45BrO7. The van der Waals surface area contributed by atoms with Crippen LogP contribution in [0.1, 0.15) is 92.9 Å². The van der Waals surface area contributed by atoms with Gasteiger partial charge in [-0.1, -0.05) is 36.7 Å². The van der Waals surface area contributed by atoms with Gasteiger partial charge in [0.1, 0.15) is 18.0 Å². The molecule has 8 heteroatoms. The molecule has 0 bridgehead atoms. The molecule has 0 aliphatic heterocycles. The number of halogens is 1. The number of Topliss-reactive ketones (excluding diaryl/α,β-unsaturated/α-hetero) is 1. The van der Waals surface area contributed by atoms with Gasteiger partial charge in [0.05, 0.1) is 11.4 Å². The predicted molar refractivity (Wildman–Crippen MR) is 145 cm³/mol. The third-order valence-corrected chi connectivity index (χ3v) is 12.1. The Balaban J connectivity index is 1.64. The summed E-state index contributed by atoms with van der Waals surface area (Å²) in [5.74, 6) is 0.235. The molecule has 214 valence electrons. The van der Waals surface area contributed by atoms with Gasteiger partial charge in [0, 0.05) is 31.6 Å². The molecule has 0 N–H and O–H groups in total. The minimum absolute atomic E-state index is 0.0670. The zero-order valence-electron chi connectivity index (χ0n) is 23.8. The number of carbonyl (C=O) groups is 4. The van der Waals surface area contributed by atoms with E-state index in [1.54, 1.807) is 0 Å². The normalized spacial score (nSPS) is 42.8. The highest BCUT2D eigenvalue weighted by molar-refractivity contribution is 9.10. The predicted octanol–water partition coefficient (Wildman–Crippen LogP) is 5.65. The van der Waals surface area contributed by atoms with Gasteiger partial charge < -0.3 is 14.2 Å². The zero-order chi connectivity index (χ0) is 28.0. The van der Waals surface area contributed by atoms with Gasteiger partial charge in [-0.15, -0.1) is 0 Å². The molecule has 0 saturated heterocycles. The summed E-state index contributed by atoms with van der Waals surface area (Å²) in [6, 6.07) is 0. The fourth-order valence-corrected chi connectivity index (χ4v) is 10.4. The summed E-state index contributed by atoms with van der Waals surface area (Å²) in [5.41, 5.74) is -0.446. The van der Waals surface area contributed by atoms with Gasteiger partial charge in [-0.05, 0) is 86.9 Å². The number of rotatable bonds is 7. The van der Waals surface area contributed by atoms with Gasteiger partial charge in [-0.25, -0.2) is 0 Å². The minimum Gasteiger partial charge on any atom is -0.466 e. The molecule has 4 aliphatic carbocycles. The summed E-state index contributed by atoms with van der Waals surface area (Å²) < 4.78 is 16.9. The van der Waals surface area contributed by atoms with Gasteiger partial charge in [0.15, 0.2) is 0 Å². The number of ether oxygens (including phenoxy) is 3. The third-order valence-electron chi connectivity index (χ3n) is 11.0. The smallest absolute Gasteiger partial charge is 0.305 e. The lowest BCUT2D eigenvalue weighted by atomic mass is 9.43. The average molecular weight is 598 g/mol. The molecule has 0 aromatic rings. The van der Waals surface area contributed by atoms with E-state index in [0.29, 0.717) is 25.9 Å². The monoisotopic (exact) mass is 596 g/mol. The summed E-state index contributed by atoms with van der Waals surface area (Å²) in [5, 5.41) is 0. The average Bonchev–Trinajstić information content (AvgIpc) is 3.20. The molecule has 4 fully saturated rings. The van der Waals surface area contributed by atoms with Crippen LogP contribution in [0.25, 0.3) is 0 Å². The summed E-state index contributed by atoms with van der Waals surface area (Å²) in [6.07, 6.45) is 5.56. The molecule has 11 atom stereocenters. The molecule has 4 saturated carbocycles. The van der Waals surface area contributed by atoms with Crippen molar-refractivity contribution < 1.29 is 33.4 Å². The maximum Gasteiger partial charge on any atom is 0.305 e. The molecule has 38 heavy (non-hydrogen) atoms. The van der Waals surface area contributed by atoms with E-state index in [1.807, 2.05) is 6.92 Å². The van der Waals surface area contributed by atoms with Crippen LogP contribution >= 0.6 is 15.9 Å². The second kappa shape index (κ2) is 11.2. The zero-order valence-corrected chi connectivity index (χ0v) is 25.4. The van der Waals surface area contributed by atoms with E-state index in [4.69, 9.17) is 14.2 Å². The van der Waals surface area contributed by atoms with Crippen LogP contribution in [0.3, 0.4) is 0 Å². The summed E-state index contributed by atoms with van der Waals surface area (Å²) in [6.45, 7) is 11.9. The van der Waals surface area contributed by atoms with E-state index in [-0.39, 0.29) is 87.1 Å². The number of carbonyl (C=O) groups excluding carboxylic acids is 4. The molecule has 7 nitrogen and oxygen atoms in total. The lowest BCUT2D eigenvalue weighted by Crippen LogP contribution is -2.64. The molecule has 4 rings (SSSR count). The molecule has 0 heterocycles. The standard InChI is InChI=1S/C30H45BrO7/c1-7-36-25(34)11-8-16(2)20-9-10-21-26-22(15-24(30(20,21)6)38-18(4)33)29(5)13-12-19(37-17(3)32)14-23(29)27(31)28(26)35/h16,19-24,26-27H,7-15H2,1-6H3/t16-,19-,20+,21-,22-,23+,24+,26+,27-,29-,30-/m1/s1. The maximum absolute atomic E-state index is 14.1. The fraction of sp³-hybridized carbons (Fsp3) is 0.867. The van der Waals surface area contributed by atoms with Crippen molar-refractivity contribution in [2.45, 2.75) is 110 Å². The van der Waals surface area contributed by atoms with E-state index in [2.05, 4.69) is 36.7 Å². The van der Waals surface area contributed by atoms with E-state index in [1.165, 1.54) is 13.8 Å². The topological polar surface area (TPSA) is 96.0 Å². The van der Waals surface area contributed by atoms with Gasteiger partial charge in [0.25, 0.3) is 0 Å². The van der Waals surface area contributed by atoms with Gasteiger partial charge >= 0.3 is 17.9 Å². The Morgan fingerprint density at radius 2 is 1.68 bits per heavy atom. The second-order valence-corrected chi connectivity index (χ2v) is 13.9. The van der Waals surface area contributed by atoms with Crippen LogP contribution in [0.2, 0.25) is 0 Å². The van der Waals surface area contributed by atoms with Crippen molar-refractivity contribution in [2.75, 3.05) is 6.61 Å². The molecule has 0 unspecified atom stereocenters. The van der Waals surface area contributed by atoms with Crippen LogP contribution in [0.15, 0.2) is 0 Å². The number of hydrogen-bond acceptors (Lipinski definition) is 7. The molecule has 0 spiro atoms. The third kappa shape index (κ3) is 5.08. The van der Waals surface area contributed by atoms with Crippen molar-refractivity contribution >= 4 is 39.6 Å². The number of alkyl halides is 1. The Bertz CT molecular complexity index is 951. The molecular weight excluding hydrogens is 552 g/mol. The van der Waals surface area contributed by atoms with E-state index in [0.717, 1.165) is 32.1 Å². The summed E-state index contributed by atoms with van der Waals surface area (Å²) in [4.78, 5) is 50.0. The number of ketones is 1. The van der Waals surface area contributed by atoms with Gasteiger partial charge in [-0.3, -0.25) is 19.2 Å². The van der Waals surface area contributed by atoms with Crippen molar-refractivity contribution in [3.8, 4) is 0 Å².